The van der Waals surface area contributed by atoms with Crippen molar-refractivity contribution in [3.63, 3.8) is 0 Å². The first-order valence-electron chi connectivity index (χ1n) is 7.64. The van der Waals surface area contributed by atoms with Crippen molar-refractivity contribution in [1.82, 2.24) is 5.32 Å². The molecule has 0 bridgehead atoms. The molecule has 1 aliphatic carbocycles. The summed E-state index contributed by atoms with van der Waals surface area (Å²) in [6, 6.07) is 0. The van der Waals surface area contributed by atoms with Gasteiger partial charge in [-0.1, -0.05) is 27.2 Å². The van der Waals surface area contributed by atoms with E-state index in [-0.39, 0.29) is 0 Å². The molecule has 0 spiro atoms. The first kappa shape index (κ1) is 16.8. The molecule has 3 atom stereocenters. The molecule has 0 saturated heterocycles. The second-order valence-corrected chi connectivity index (χ2v) is 7.21. The van der Waals surface area contributed by atoms with Crippen LogP contribution in [0.4, 0.5) is 0 Å². The number of hydrogen-bond donors (Lipinski definition) is 2. The predicted molar refractivity (Wildman–Crippen MR) is 82.8 cm³/mol. The molecule has 0 heterocycles. The van der Waals surface area contributed by atoms with Gasteiger partial charge in [0.15, 0.2) is 0 Å². The van der Waals surface area contributed by atoms with E-state index in [1.807, 2.05) is 11.8 Å². The SMILES string of the molecule is CCCNC1(C(=O)O)CCCC(SCC(C)CC)C1. The van der Waals surface area contributed by atoms with Gasteiger partial charge >= 0.3 is 5.97 Å². The van der Waals surface area contributed by atoms with Crippen LogP contribution in [-0.2, 0) is 4.79 Å². The molecule has 1 saturated carbocycles. The van der Waals surface area contributed by atoms with Gasteiger partial charge in [0, 0.05) is 5.25 Å². The van der Waals surface area contributed by atoms with Gasteiger partial charge in [0.2, 0.25) is 0 Å². The van der Waals surface area contributed by atoms with Crippen molar-refractivity contribution in [3.05, 3.63) is 0 Å². The average molecular weight is 287 g/mol. The van der Waals surface area contributed by atoms with Crippen LogP contribution in [0.5, 0.6) is 0 Å². The fourth-order valence-electron chi connectivity index (χ4n) is 2.58. The molecule has 3 unspecified atom stereocenters. The van der Waals surface area contributed by atoms with Crippen molar-refractivity contribution >= 4 is 17.7 Å². The molecule has 1 aliphatic rings. The van der Waals surface area contributed by atoms with Gasteiger partial charge in [-0.2, -0.15) is 11.8 Å². The highest BCUT2D eigenvalue weighted by Crippen LogP contribution is 2.36. The molecule has 4 heteroatoms. The fraction of sp³-hybridized carbons (Fsp3) is 0.933. The van der Waals surface area contributed by atoms with Crippen molar-refractivity contribution in [1.29, 1.82) is 0 Å². The second-order valence-electron chi connectivity index (χ2n) is 5.88. The zero-order chi connectivity index (χ0) is 14.3. The summed E-state index contributed by atoms with van der Waals surface area (Å²) in [7, 11) is 0. The number of carboxylic acid groups (broad SMARTS) is 1. The highest BCUT2D eigenvalue weighted by Gasteiger charge is 2.42. The summed E-state index contributed by atoms with van der Waals surface area (Å²) >= 11 is 1.98. The van der Waals surface area contributed by atoms with Crippen molar-refractivity contribution < 1.29 is 9.90 Å². The van der Waals surface area contributed by atoms with Crippen LogP contribution in [0.25, 0.3) is 0 Å². The van der Waals surface area contributed by atoms with E-state index < -0.39 is 11.5 Å². The van der Waals surface area contributed by atoms with E-state index in [4.69, 9.17) is 0 Å². The highest BCUT2D eigenvalue weighted by atomic mass is 32.2. The number of rotatable bonds is 8. The largest absolute Gasteiger partial charge is 0.480 e. The zero-order valence-electron chi connectivity index (χ0n) is 12.6. The molecule has 19 heavy (non-hydrogen) atoms. The van der Waals surface area contributed by atoms with Gasteiger partial charge in [0.05, 0.1) is 0 Å². The molecule has 0 radical (unpaired) electrons. The Kier molecular flexibility index (Phi) is 7.22. The van der Waals surface area contributed by atoms with Gasteiger partial charge in [0.25, 0.3) is 0 Å². The Morgan fingerprint density at radius 3 is 2.84 bits per heavy atom. The number of carboxylic acids is 1. The lowest BCUT2D eigenvalue weighted by molar-refractivity contribution is -0.146. The van der Waals surface area contributed by atoms with Gasteiger partial charge in [-0.25, -0.2) is 0 Å². The van der Waals surface area contributed by atoms with Crippen LogP contribution in [-0.4, -0.2) is 34.2 Å². The number of thioether (sulfide) groups is 1. The maximum Gasteiger partial charge on any atom is 0.323 e. The third-order valence-electron chi connectivity index (χ3n) is 4.14. The molecule has 1 rings (SSSR count). The third kappa shape index (κ3) is 4.99. The smallest absolute Gasteiger partial charge is 0.323 e. The summed E-state index contributed by atoms with van der Waals surface area (Å²) < 4.78 is 0. The van der Waals surface area contributed by atoms with E-state index in [9.17, 15) is 9.90 Å². The van der Waals surface area contributed by atoms with Crippen molar-refractivity contribution in [2.24, 2.45) is 5.92 Å². The topological polar surface area (TPSA) is 49.3 Å². The van der Waals surface area contributed by atoms with Crippen LogP contribution in [0.2, 0.25) is 0 Å². The average Bonchev–Trinajstić information content (AvgIpc) is 2.42. The van der Waals surface area contributed by atoms with Crippen molar-refractivity contribution in [3.8, 4) is 0 Å². The molecule has 0 aromatic rings. The Morgan fingerprint density at radius 1 is 1.53 bits per heavy atom. The summed E-state index contributed by atoms with van der Waals surface area (Å²) in [5.41, 5.74) is -0.665. The maximum atomic E-state index is 11.7. The van der Waals surface area contributed by atoms with Crippen LogP contribution in [0.3, 0.4) is 0 Å². The summed E-state index contributed by atoms with van der Waals surface area (Å²) in [6.07, 6.45) is 5.95. The van der Waals surface area contributed by atoms with Crippen molar-refractivity contribution in [2.75, 3.05) is 12.3 Å². The Labute approximate surface area is 121 Å². The molecule has 0 aromatic heterocycles. The van der Waals surface area contributed by atoms with E-state index in [2.05, 4.69) is 26.1 Å². The Bertz CT molecular complexity index is 285. The lowest BCUT2D eigenvalue weighted by Crippen LogP contribution is -2.55. The summed E-state index contributed by atoms with van der Waals surface area (Å²) in [5.74, 6) is 1.23. The molecular formula is C15H29NO2S. The first-order chi connectivity index (χ1) is 9.04. The summed E-state index contributed by atoms with van der Waals surface area (Å²) in [6.45, 7) is 7.38. The Morgan fingerprint density at radius 2 is 2.26 bits per heavy atom. The fourth-order valence-corrected chi connectivity index (χ4v) is 4.15. The van der Waals surface area contributed by atoms with E-state index in [0.717, 1.165) is 43.9 Å². The van der Waals surface area contributed by atoms with Gasteiger partial charge in [-0.15, -0.1) is 0 Å². The lowest BCUT2D eigenvalue weighted by atomic mass is 9.81. The number of hydrogen-bond acceptors (Lipinski definition) is 3. The van der Waals surface area contributed by atoms with Crippen LogP contribution in [0.1, 0.15) is 59.3 Å². The normalized spacial score (nSPS) is 29.1. The molecule has 3 nitrogen and oxygen atoms in total. The Hall–Kier alpha value is -0.220. The maximum absolute atomic E-state index is 11.7. The monoisotopic (exact) mass is 287 g/mol. The van der Waals surface area contributed by atoms with Crippen LogP contribution in [0, 0.1) is 5.92 Å². The zero-order valence-corrected chi connectivity index (χ0v) is 13.4. The summed E-state index contributed by atoms with van der Waals surface area (Å²) in [5, 5.41) is 13.4. The van der Waals surface area contributed by atoms with E-state index in [1.165, 1.54) is 12.8 Å². The van der Waals surface area contributed by atoms with E-state index in [0.29, 0.717) is 5.25 Å². The highest BCUT2D eigenvalue weighted by molar-refractivity contribution is 7.99. The minimum absolute atomic E-state index is 0.503. The van der Waals surface area contributed by atoms with Gasteiger partial charge in [-0.3, -0.25) is 4.79 Å². The molecule has 112 valence electrons. The molecular weight excluding hydrogens is 258 g/mol. The third-order valence-corrected chi connectivity index (χ3v) is 5.78. The predicted octanol–water partition coefficient (Wildman–Crippen LogP) is 3.53. The molecule has 0 aliphatic heterocycles. The quantitative estimate of drug-likeness (QED) is 0.717. The molecule has 2 N–H and O–H groups in total. The number of aliphatic carboxylic acids is 1. The van der Waals surface area contributed by atoms with E-state index >= 15 is 0 Å². The summed E-state index contributed by atoms with van der Waals surface area (Å²) in [4.78, 5) is 11.7. The van der Waals surface area contributed by atoms with Gasteiger partial charge in [-0.05, 0) is 50.3 Å². The molecule has 1 fully saturated rings. The number of nitrogens with one attached hydrogen (secondary N) is 1. The minimum atomic E-state index is -0.665. The lowest BCUT2D eigenvalue weighted by Gasteiger charge is -2.38. The van der Waals surface area contributed by atoms with Crippen LogP contribution in [0.15, 0.2) is 0 Å². The van der Waals surface area contributed by atoms with E-state index in [1.54, 1.807) is 0 Å². The van der Waals surface area contributed by atoms with Gasteiger partial charge in [0.1, 0.15) is 5.54 Å². The Balaban J connectivity index is 2.56. The number of carbonyl (C=O) groups is 1. The minimum Gasteiger partial charge on any atom is -0.480 e. The second kappa shape index (κ2) is 8.15. The van der Waals surface area contributed by atoms with Crippen molar-refractivity contribution in [2.45, 2.75) is 70.1 Å². The van der Waals surface area contributed by atoms with Gasteiger partial charge < -0.3 is 10.4 Å². The first-order valence-corrected chi connectivity index (χ1v) is 8.69. The van der Waals surface area contributed by atoms with Crippen LogP contribution >= 0.6 is 11.8 Å². The standard InChI is InChI=1S/C15H29NO2S/c1-4-9-16-15(14(17)18)8-6-7-13(10-15)19-11-12(3)5-2/h12-13,16H,4-11H2,1-3H3,(H,17,18). The van der Waals surface area contributed by atoms with Crippen LogP contribution < -0.4 is 5.32 Å². The molecule has 0 aromatic carbocycles. The molecule has 0 amide bonds.